The predicted octanol–water partition coefficient (Wildman–Crippen LogP) is 4.09. The van der Waals surface area contributed by atoms with Crippen LogP contribution in [0.1, 0.15) is 26.3 Å². The van der Waals surface area contributed by atoms with Crippen molar-refractivity contribution in [1.82, 2.24) is 0 Å². The molecule has 0 amide bonds. The minimum absolute atomic E-state index is 0.0525. The second-order valence-corrected chi connectivity index (χ2v) is 8.31. The zero-order chi connectivity index (χ0) is 17.4. The van der Waals surface area contributed by atoms with E-state index in [0.717, 1.165) is 22.0 Å². The average molecular weight is 339 g/mol. The second-order valence-electron chi connectivity index (χ2n) is 6.34. The van der Waals surface area contributed by atoms with Gasteiger partial charge in [0.1, 0.15) is 11.6 Å². The Labute approximate surface area is 135 Å². The fraction of sp³-hybridized carbons (Fsp3) is 0.294. The van der Waals surface area contributed by atoms with Gasteiger partial charge < -0.3 is 0 Å². The van der Waals surface area contributed by atoms with Gasteiger partial charge in [-0.1, -0.05) is 32.9 Å². The Bertz CT molecular complexity index is 809. The topological polar surface area (TPSA) is 37.4 Å². The van der Waals surface area contributed by atoms with Gasteiger partial charge in [0.25, 0.3) is 10.0 Å². The number of rotatable bonds is 3. The fourth-order valence-electron chi connectivity index (χ4n) is 2.15. The number of halogens is 2. The molecule has 0 unspecified atom stereocenters. The first-order valence-electron chi connectivity index (χ1n) is 7.08. The Morgan fingerprint density at radius 1 is 0.957 bits per heavy atom. The van der Waals surface area contributed by atoms with Crippen LogP contribution in [0.25, 0.3) is 0 Å². The molecule has 23 heavy (non-hydrogen) atoms. The van der Waals surface area contributed by atoms with Gasteiger partial charge in [0.2, 0.25) is 0 Å². The average Bonchev–Trinajstić information content (AvgIpc) is 2.46. The highest BCUT2D eigenvalue weighted by molar-refractivity contribution is 7.92. The Kier molecular flexibility index (Phi) is 4.48. The van der Waals surface area contributed by atoms with E-state index in [1.54, 1.807) is 12.1 Å². The predicted molar refractivity (Wildman–Crippen MR) is 87.1 cm³/mol. The summed E-state index contributed by atoms with van der Waals surface area (Å²) in [4.78, 5) is 0.0525. The monoisotopic (exact) mass is 339 g/mol. The Hall–Kier alpha value is -1.95. The molecule has 124 valence electrons. The molecule has 0 aliphatic heterocycles. The van der Waals surface area contributed by atoms with Crippen LogP contribution in [0.15, 0.2) is 47.4 Å². The van der Waals surface area contributed by atoms with Gasteiger partial charge >= 0.3 is 0 Å². The molecule has 2 aromatic carbocycles. The highest BCUT2D eigenvalue weighted by atomic mass is 32.2. The van der Waals surface area contributed by atoms with Gasteiger partial charge in [-0.15, -0.1) is 0 Å². The Morgan fingerprint density at radius 2 is 1.52 bits per heavy atom. The molecule has 0 aromatic heterocycles. The summed E-state index contributed by atoms with van der Waals surface area (Å²) in [6, 6.07) is 9.24. The van der Waals surface area contributed by atoms with Crippen LogP contribution in [-0.2, 0) is 15.4 Å². The molecule has 0 aliphatic rings. The molecule has 0 heterocycles. The van der Waals surface area contributed by atoms with E-state index < -0.39 is 21.7 Å². The van der Waals surface area contributed by atoms with Crippen LogP contribution in [-0.4, -0.2) is 15.5 Å². The lowest BCUT2D eigenvalue weighted by Crippen LogP contribution is -2.27. The molecule has 0 bridgehead atoms. The van der Waals surface area contributed by atoms with Crippen LogP contribution >= 0.6 is 0 Å². The third-order valence-corrected chi connectivity index (χ3v) is 5.41. The first-order valence-corrected chi connectivity index (χ1v) is 8.52. The quantitative estimate of drug-likeness (QED) is 0.845. The van der Waals surface area contributed by atoms with Gasteiger partial charge in [0.05, 0.1) is 10.6 Å². The van der Waals surface area contributed by atoms with Gasteiger partial charge in [-0.3, -0.25) is 4.31 Å². The number of hydrogen-bond acceptors (Lipinski definition) is 2. The summed E-state index contributed by atoms with van der Waals surface area (Å²) in [5.41, 5.74) is 0.690. The molecule has 6 heteroatoms. The van der Waals surface area contributed by atoms with E-state index in [0.29, 0.717) is 6.07 Å². The fourth-order valence-corrected chi connectivity index (χ4v) is 3.35. The molecule has 0 saturated carbocycles. The number of sulfonamides is 1. The maximum atomic E-state index is 13.8. The van der Waals surface area contributed by atoms with Crippen LogP contribution in [0.2, 0.25) is 0 Å². The Morgan fingerprint density at radius 3 is 2.00 bits per heavy atom. The van der Waals surface area contributed by atoms with Gasteiger partial charge in [0.15, 0.2) is 0 Å². The molecule has 0 fully saturated rings. The molecule has 3 nitrogen and oxygen atoms in total. The van der Waals surface area contributed by atoms with E-state index in [-0.39, 0.29) is 16.0 Å². The van der Waals surface area contributed by atoms with E-state index in [1.165, 1.54) is 19.2 Å². The zero-order valence-electron chi connectivity index (χ0n) is 13.5. The molecular weight excluding hydrogens is 320 g/mol. The maximum Gasteiger partial charge on any atom is 0.264 e. The molecule has 0 radical (unpaired) electrons. The van der Waals surface area contributed by atoms with Crippen molar-refractivity contribution >= 4 is 15.7 Å². The van der Waals surface area contributed by atoms with Crippen molar-refractivity contribution < 1.29 is 17.2 Å². The van der Waals surface area contributed by atoms with Crippen molar-refractivity contribution in [3.05, 3.63) is 59.7 Å². The van der Waals surface area contributed by atoms with Crippen molar-refractivity contribution in [2.75, 3.05) is 11.4 Å². The summed E-state index contributed by atoms with van der Waals surface area (Å²) in [5.74, 6) is -1.69. The molecule has 0 saturated heterocycles. The summed E-state index contributed by atoms with van der Waals surface area (Å²) in [5, 5.41) is 0. The maximum absolute atomic E-state index is 13.8. The number of anilines is 1. The Balaban J connectivity index is 2.41. The molecule has 2 aromatic rings. The van der Waals surface area contributed by atoms with E-state index in [4.69, 9.17) is 0 Å². The van der Waals surface area contributed by atoms with Gasteiger partial charge in [-0.2, -0.15) is 0 Å². The third kappa shape index (κ3) is 3.52. The number of nitrogens with zero attached hydrogens (tertiary/aromatic N) is 1. The van der Waals surface area contributed by atoms with Crippen molar-refractivity contribution in [1.29, 1.82) is 0 Å². The van der Waals surface area contributed by atoms with Crippen molar-refractivity contribution in [3.63, 3.8) is 0 Å². The first-order chi connectivity index (χ1) is 10.5. The van der Waals surface area contributed by atoms with E-state index in [2.05, 4.69) is 0 Å². The lowest BCUT2D eigenvalue weighted by atomic mass is 9.87. The lowest BCUT2D eigenvalue weighted by Gasteiger charge is -2.22. The second kappa shape index (κ2) is 5.92. The summed E-state index contributed by atoms with van der Waals surface area (Å²) < 4.78 is 52.8. The SMILES string of the molecule is CN(c1ccc(F)cc1F)S(=O)(=O)c1ccc(C(C)(C)C)cc1. The van der Waals surface area contributed by atoms with Crippen LogP contribution in [0.3, 0.4) is 0 Å². The van der Waals surface area contributed by atoms with Crippen LogP contribution in [0.4, 0.5) is 14.5 Å². The minimum Gasteiger partial charge on any atom is -0.266 e. The summed E-state index contributed by atoms with van der Waals surface area (Å²) in [7, 11) is -2.68. The van der Waals surface area contributed by atoms with Crippen molar-refractivity contribution in [2.24, 2.45) is 0 Å². The molecule has 0 N–H and O–H groups in total. The van der Waals surface area contributed by atoms with E-state index in [9.17, 15) is 17.2 Å². The molecule has 0 spiro atoms. The minimum atomic E-state index is -3.92. The van der Waals surface area contributed by atoms with Gasteiger partial charge in [0, 0.05) is 13.1 Å². The van der Waals surface area contributed by atoms with Crippen LogP contribution < -0.4 is 4.31 Å². The van der Waals surface area contributed by atoms with Gasteiger partial charge in [-0.05, 0) is 35.2 Å². The summed E-state index contributed by atoms with van der Waals surface area (Å²) in [6.07, 6.45) is 0. The largest absolute Gasteiger partial charge is 0.266 e. The molecule has 0 atom stereocenters. The van der Waals surface area contributed by atoms with Crippen molar-refractivity contribution in [2.45, 2.75) is 31.1 Å². The van der Waals surface area contributed by atoms with Crippen LogP contribution in [0, 0.1) is 11.6 Å². The standard InChI is InChI=1S/C17H19F2NO2S/c1-17(2,3)12-5-8-14(9-6-12)23(21,22)20(4)16-10-7-13(18)11-15(16)19/h5-11H,1-4H3. The lowest BCUT2D eigenvalue weighted by molar-refractivity contribution is 0.576. The van der Waals surface area contributed by atoms with E-state index >= 15 is 0 Å². The van der Waals surface area contributed by atoms with Crippen molar-refractivity contribution in [3.8, 4) is 0 Å². The number of benzene rings is 2. The highest BCUT2D eigenvalue weighted by Crippen LogP contribution is 2.27. The zero-order valence-corrected chi connectivity index (χ0v) is 14.3. The van der Waals surface area contributed by atoms with Crippen LogP contribution in [0.5, 0.6) is 0 Å². The highest BCUT2D eigenvalue weighted by Gasteiger charge is 2.24. The molecule has 2 rings (SSSR count). The van der Waals surface area contributed by atoms with Gasteiger partial charge in [-0.25, -0.2) is 17.2 Å². The smallest absolute Gasteiger partial charge is 0.264 e. The molecule has 0 aliphatic carbocycles. The number of hydrogen-bond donors (Lipinski definition) is 0. The first kappa shape index (κ1) is 17.4. The third-order valence-electron chi connectivity index (χ3n) is 3.63. The molecular formula is C17H19F2NO2S. The summed E-state index contributed by atoms with van der Waals surface area (Å²) >= 11 is 0. The normalized spacial score (nSPS) is 12.3. The summed E-state index contributed by atoms with van der Waals surface area (Å²) in [6.45, 7) is 6.07. The van der Waals surface area contributed by atoms with E-state index in [1.807, 2.05) is 20.8 Å².